The molecule has 0 bridgehead atoms. The van der Waals surface area contributed by atoms with E-state index in [0.29, 0.717) is 0 Å². The van der Waals surface area contributed by atoms with Crippen LogP contribution in [0.25, 0.3) is 0 Å². The summed E-state index contributed by atoms with van der Waals surface area (Å²) in [6.45, 7) is 65.4. The molecule has 0 aliphatic rings. The van der Waals surface area contributed by atoms with E-state index < -0.39 is 0 Å². The lowest BCUT2D eigenvalue weighted by molar-refractivity contribution is 0.525. The minimum absolute atomic E-state index is 0.903. The second-order valence-corrected chi connectivity index (χ2v) is 19.4. The molecule has 0 aliphatic heterocycles. The first-order valence-corrected chi connectivity index (χ1v) is 36.9. The van der Waals surface area contributed by atoms with E-state index in [1.54, 1.807) is 109 Å². The van der Waals surface area contributed by atoms with Gasteiger partial charge in [0.05, 0.1) is 93.8 Å². The van der Waals surface area contributed by atoms with Gasteiger partial charge < -0.3 is 8.83 Å². The number of thiazole rings is 2. The van der Waals surface area contributed by atoms with Gasteiger partial charge >= 0.3 is 0 Å². The monoisotopic (exact) mass is 1480 g/mol. The molecule has 0 radical (unpaired) electrons. The molecule has 0 aromatic carbocycles. The van der Waals surface area contributed by atoms with Crippen LogP contribution in [-0.2, 0) is 14.1 Å². The van der Waals surface area contributed by atoms with Crippen LogP contribution in [0.3, 0.4) is 0 Å². The summed E-state index contributed by atoms with van der Waals surface area (Å²) in [5, 5.41) is 51.0. The minimum Gasteiger partial charge on any atom is -0.449 e. The number of H-pyrrole nitrogens is 3. The van der Waals surface area contributed by atoms with Gasteiger partial charge in [-0.3, -0.25) is 19.6 Å². The fourth-order valence-corrected chi connectivity index (χ4v) is 5.65. The number of nitrogens with zero attached hydrogens (tertiary/aromatic N) is 21. The van der Waals surface area contributed by atoms with Gasteiger partial charge in [0, 0.05) is 72.9 Å². The third-order valence-corrected chi connectivity index (χ3v) is 11.5. The highest BCUT2D eigenvalue weighted by Crippen LogP contribution is 2.09. The van der Waals surface area contributed by atoms with E-state index in [0.717, 1.165) is 62.8 Å². The Labute approximate surface area is 634 Å². The lowest BCUT2D eigenvalue weighted by Gasteiger charge is -1.82. The van der Waals surface area contributed by atoms with E-state index in [1.165, 1.54) is 38.5 Å². The van der Waals surface area contributed by atoms with Crippen molar-refractivity contribution in [1.29, 1.82) is 0 Å². The Bertz CT molecular complexity index is 2900. The Kier molecular flexibility index (Phi) is 98.3. The maximum absolute atomic E-state index is 4.85. The number of nitrogens with one attached hydrogen (secondary N) is 3. The third-order valence-electron chi connectivity index (χ3n) is 9.80. The van der Waals surface area contributed by atoms with Gasteiger partial charge in [0.2, 0.25) is 0 Å². The SMILES string of the molecule is CC.CC.CC.CC.CC.CC.CC.CC.CC.Cc1ccccn1.Cc1cccnc1.Cc1cccnn1.Cc1ccncc1.Cc1cn[nH]n1.Cc1cn[nH]n1.Cc1cn[nH]n1.Cc1ncoc1C.Cc1ncoc1C.Cc1ncsc1C.Cc1ncsc1C.Cn1ccnn1.Cn1nccn1. The summed E-state index contributed by atoms with van der Waals surface area (Å²) in [5.41, 5.74) is 15.3. The van der Waals surface area contributed by atoms with Crippen molar-refractivity contribution in [2.75, 3.05) is 0 Å². The van der Waals surface area contributed by atoms with Gasteiger partial charge in [0.25, 0.3) is 0 Å². The molecule has 582 valence electrons. The van der Waals surface area contributed by atoms with E-state index in [4.69, 9.17) is 8.83 Å². The molecule has 13 aromatic rings. The molecular formula is C76H134N24O2S2. The first-order valence-electron chi connectivity index (χ1n) is 35.2. The zero-order valence-electron chi connectivity index (χ0n) is 70.0. The predicted octanol–water partition coefficient (Wildman–Crippen LogP) is 20.3. The molecule has 28 heteroatoms. The number of aryl methyl sites for hydroxylation is 17. The molecule has 0 spiro atoms. The first-order chi connectivity index (χ1) is 50.3. The molecule has 13 heterocycles. The maximum atomic E-state index is 4.85. The Morgan fingerprint density at radius 2 is 0.760 bits per heavy atom. The second-order valence-electron chi connectivity index (χ2n) is 17.3. The molecule has 0 saturated carbocycles. The summed E-state index contributed by atoms with van der Waals surface area (Å²) in [6, 6.07) is 17.5. The van der Waals surface area contributed by atoms with Crippen LogP contribution in [0, 0.1) is 104 Å². The molecule has 104 heavy (non-hydrogen) atoms. The highest BCUT2D eigenvalue weighted by molar-refractivity contribution is 7.09. The quantitative estimate of drug-likeness (QED) is 0.127. The Hall–Kier alpha value is -10.1. The van der Waals surface area contributed by atoms with E-state index in [-0.39, 0.29) is 0 Å². The largest absolute Gasteiger partial charge is 0.449 e. The fraction of sp³-hybridized carbons (Fsp3) is 0.461. The topological polar surface area (TPSA) is 328 Å². The number of aromatic nitrogens is 24. The van der Waals surface area contributed by atoms with Crippen LogP contribution in [0.5, 0.6) is 0 Å². The van der Waals surface area contributed by atoms with Crippen molar-refractivity contribution in [3.8, 4) is 0 Å². The van der Waals surface area contributed by atoms with Gasteiger partial charge in [-0.25, -0.2) is 19.9 Å². The molecule has 3 N–H and O–H groups in total. The van der Waals surface area contributed by atoms with Crippen molar-refractivity contribution >= 4 is 22.7 Å². The van der Waals surface area contributed by atoms with Crippen LogP contribution >= 0.6 is 22.7 Å². The number of hydrogen-bond acceptors (Lipinski definition) is 23. The van der Waals surface area contributed by atoms with Crippen molar-refractivity contribution < 1.29 is 8.83 Å². The Balaban J connectivity index is -0.000000132. The summed E-state index contributed by atoms with van der Waals surface area (Å²) in [4.78, 5) is 31.6. The number of oxazole rings is 2. The lowest BCUT2D eigenvalue weighted by Crippen LogP contribution is -1.89. The molecule has 13 aromatic heterocycles. The average molecular weight is 1480 g/mol. The number of hydrogen-bond donors (Lipinski definition) is 3. The summed E-state index contributed by atoms with van der Waals surface area (Å²) < 4.78 is 11.3. The van der Waals surface area contributed by atoms with Gasteiger partial charge in [0.15, 0.2) is 12.8 Å². The summed E-state index contributed by atoms with van der Waals surface area (Å²) in [5.74, 6) is 1.81. The summed E-state index contributed by atoms with van der Waals surface area (Å²) in [7, 11) is 3.60. The zero-order chi connectivity index (χ0) is 81.6. The highest BCUT2D eigenvalue weighted by atomic mass is 32.1. The molecule has 0 fully saturated rings. The van der Waals surface area contributed by atoms with Crippen molar-refractivity contribution in [3.63, 3.8) is 0 Å². The highest BCUT2D eigenvalue weighted by Gasteiger charge is 1.93. The van der Waals surface area contributed by atoms with Gasteiger partial charge in [-0.05, 0) is 157 Å². The first kappa shape index (κ1) is 112. The van der Waals surface area contributed by atoms with Crippen LogP contribution in [-0.4, -0.2) is 121 Å². The zero-order valence-corrected chi connectivity index (χ0v) is 71.7. The van der Waals surface area contributed by atoms with Gasteiger partial charge in [-0.15, -0.1) is 27.8 Å². The standard InChI is InChI=1S/3C6H7N.C5H6N2.2C5H7NO.2C5H7NS.5C3H5N3.9C2H6/c1-6-2-4-7-5-3-6;1-6-3-2-4-7-5-6;1-6-4-2-3-5-7-6;1-5-3-2-4-6-7-5;4*1-4-5(2)7-3-6-4;1-6-3-2-4-5-6;1-6-4-2-3-5-6;3*1-3-2-4-6-5-3;9*1-2/h3*2-5H,1H3;2-4H,1H3;4*3H,1-2H3;2*2-3H,1H3;3*2H,1H3,(H,4,5,6);9*1-2H3. The lowest BCUT2D eigenvalue weighted by atomic mass is 10.3. The number of pyridine rings is 3. The summed E-state index contributed by atoms with van der Waals surface area (Å²) >= 11 is 3.39. The fourth-order valence-electron chi connectivity index (χ4n) is 4.47. The number of aromatic amines is 3. The third kappa shape index (κ3) is 80.9. The van der Waals surface area contributed by atoms with Gasteiger partial charge in [-0.1, -0.05) is 142 Å². The van der Waals surface area contributed by atoms with E-state index in [9.17, 15) is 0 Å². The molecule has 0 amide bonds. The minimum atomic E-state index is 0.903. The van der Waals surface area contributed by atoms with E-state index in [2.05, 4.69) is 126 Å². The maximum Gasteiger partial charge on any atom is 0.181 e. The van der Waals surface area contributed by atoms with Gasteiger partial charge in [0.1, 0.15) is 11.5 Å². The second kappa shape index (κ2) is 90.9. The molecule has 13 rings (SSSR count). The van der Waals surface area contributed by atoms with Crippen molar-refractivity contribution in [3.05, 3.63) is 243 Å². The summed E-state index contributed by atoms with van der Waals surface area (Å²) in [6.07, 6.45) is 25.2. The van der Waals surface area contributed by atoms with Crippen LogP contribution in [0.2, 0.25) is 0 Å². The Morgan fingerprint density at radius 1 is 0.346 bits per heavy atom. The van der Waals surface area contributed by atoms with Crippen molar-refractivity contribution in [2.45, 2.75) is 228 Å². The van der Waals surface area contributed by atoms with Gasteiger partial charge in [-0.2, -0.15) is 71.4 Å². The molecule has 0 aliphatic carbocycles. The van der Waals surface area contributed by atoms with Crippen LogP contribution < -0.4 is 0 Å². The number of rotatable bonds is 0. The molecular weight excluding hydrogens is 1350 g/mol. The van der Waals surface area contributed by atoms with Crippen molar-refractivity contribution in [1.82, 2.24) is 121 Å². The molecule has 0 atom stereocenters. The van der Waals surface area contributed by atoms with Crippen molar-refractivity contribution in [2.24, 2.45) is 14.1 Å². The van der Waals surface area contributed by atoms with E-state index >= 15 is 0 Å². The predicted molar refractivity (Wildman–Crippen MR) is 436 cm³/mol. The molecule has 0 saturated heterocycles. The average Bonchev–Trinajstić information content (AvgIpc) is 1.88. The van der Waals surface area contributed by atoms with Crippen LogP contribution in [0.1, 0.15) is 208 Å². The molecule has 26 nitrogen and oxygen atoms in total. The Morgan fingerprint density at radius 3 is 0.885 bits per heavy atom. The van der Waals surface area contributed by atoms with E-state index in [1.807, 2.05) is 293 Å². The smallest absolute Gasteiger partial charge is 0.181 e. The van der Waals surface area contributed by atoms with Crippen LogP contribution in [0.4, 0.5) is 0 Å². The normalized spacial score (nSPS) is 7.95. The molecule has 0 unspecified atom stereocenters. The van der Waals surface area contributed by atoms with Crippen LogP contribution in [0.15, 0.2) is 168 Å².